The normalized spacial score (nSPS) is 25.0. The van der Waals surface area contributed by atoms with Crippen LogP contribution in [0.2, 0.25) is 0 Å². The van der Waals surface area contributed by atoms with Crippen molar-refractivity contribution in [2.75, 3.05) is 5.32 Å². The van der Waals surface area contributed by atoms with E-state index in [-0.39, 0.29) is 29.9 Å². The van der Waals surface area contributed by atoms with E-state index in [1.165, 1.54) is 6.92 Å². The zero-order valence-corrected chi connectivity index (χ0v) is 14.1. The van der Waals surface area contributed by atoms with Gasteiger partial charge in [-0.25, -0.2) is 0 Å². The van der Waals surface area contributed by atoms with Crippen LogP contribution in [0, 0.1) is 0 Å². The van der Waals surface area contributed by atoms with Crippen molar-refractivity contribution in [2.45, 2.75) is 50.7 Å². The van der Waals surface area contributed by atoms with Crippen molar-refractivity contribution in [3.8, 4) is 0 Å². The molecule has 7 heteroatoms. The van der Waals surface area contributed by atoms with E-state index >= 15 is 0 Å². The van der Waals surface area contributed by atoms with Gasteiger partial charge in [-0.1, -0.05) is 0 Å². The van der Waals surface area contributed by atoms with E-state index in [2.05, 4.69) is 15.5 Å². The van der Waals surface area contributed by atoms with Crippen LogP contribution in [0.25, 0.3) is 0 Å². The zero-order valence-electron chi connectivity index (χ0n) is 14.1. The van der Waals surface area contributed by atoms with Gasteiger partial charge in [0.2, 0.25) is 5.91 Å². The van der Waals surface area contributed by atoms with Crippen LogP contribution in [0.4, 0.5) is 5.69 Å². The molecule has 1 aromatic heterocycles. The molecular formula is C18H21N5O2. The topological polar surface area (TPSA) is 80.1 Å². The van der Waals surface area contributed by atoms with E-state index in [1.54, 1.807) is 41.5 Å². The number of benzene rings is 1. The third-order valence-electron chi connectivity index (χ3n) is 5.16. The number of fused-ring (bicyclic) bond motifs is 2. The van der Waals surface area contributed by atoms with Gasteiger partial charge in [-0.2, -0.15) is 15.0 Å². The van der Waals surface area contributed by atoms with Gasteiger partial charge >= 0.3 is 0 Å². The summed E-state index contributed by atoms with van der Waals surface area (Å²) in [5.41, 5.74) is 1.37. The summed E-state index contributed by atoms with van der Waals surface area (Å²) in [7, 11) is 0. The van der Waals surface area contributed by atoms with Gasteiger partial charge in [0.05, 0.1) is 18.4 Å². The van der Waals surface area contributed by atoms with Gasteiger partial charge < -0.3 is 10.2 Å². The standard InChI is InChI=1S/C18H21N5O2/c1-12(24)21-14-4-2-13(3-5-14)18(25)22-15-6-7-16(22)11-17(10-15)23-19-8-9-20-23/h2-5,8-9,15-17H,6-7,10-11H2,1H3,(H,21,24). The minimum atomic E-state index is -0.119. The number of nitrogens with one attached hydrogen (secondary N) is 1. The Kier molecular flexibility index (Phi) is 3.99. The number of piperidine rings is 1. The lowest BCUT2D eigenvalue weighted by Crippen LogP contribution is -2.47. The monoisotopic (exact) mass is 339 g/mol. The van der Waals surface area contributed by atoms with E-state index in [0.29, 0.717) is 11.3 Å². The average Bonchev–Trinajstić information content (AvgIpc) is 3.21. The molecule has 2 bridgehead atoms. The summed E-state index contributed by atoms with van der Waals surface area (Å²) in [5, 5.41) is 11.3. The summed E-state index contributed by atoms with van der Waals surface area (Å²) >= 11 is 0. The first-order valence-electron chi connectivity index (χ1n) is 8.68. The van der Waals surface area contributed by atoms with Crippen LogP contribution in [-0.2, 0) is 4.79 Å². The fourth-order valence-electron chi connectivity index (χ4n) is 4.13. The van der Waals surface area contributed by atoms with Crippen molar-refractivity contribution in [1.29, 1.82) is 0 Å². The fraction of sp³-hybridized carbons (Fsp3) is 0.444. The van der Waals surface area contributed by atoms with E-state index in [4.69, 9.17) is 0 Å². The van der Waals surface area contributed by atoms with Crippen LogP contribution in [-0.4, -0.2) is 43.8 Å². The van der Waals surface area contributed by atoms with Gasteiger partial charge in [0.15, 0.2) is 0 Å². The van der Waals surface area contributed by atoms with Crippen LogP contribution in [0.15, 0.2) is 36.7 Å². The number of carbonyl (C=O) groups is 2. The molecule has 2 amide bonds. The molecular weight excluding hydrogens is 318 g/mol. The summed E-state index contributed by atoms with van der Waals surface area (Å²) < 4.78 is 0. The Bertz CT molecular complexity index is 757. The number of nitrogens with zero attached hydrogens (tertiary/aromatic N) is 4. The second-order valence-electron chi connectivity index (χ2n) is 6.83. The Morgan fingerprint density at radius 1 is 1.00 bits per heavy atom. The average molecular weight is 339 g/mol. The first kappa shape index (κ1) is 15.8. The summed E-state index contributed by atoms with van der Waals surface area (Å²) in [5.74, 6) is -0.0415. The third-order valence-corrected chi connectivity index (χ3v) is 5.16. The van der Waals surface area contributed by atoms with Gasteiger partial charge in [0, 0.05) is 30.3 Å². The van der Waals surface area contributed by atoms with Crippen LogP contribution < -0.4 is 5.32 Å². The smallest absolute Gasteiger partial charge is 0.254 e. The molecule has 2 atom stereocenters. The molecule has 7 nitrogen and oxygen atoms in total. The van der Waals surface area contributed by atoms with Crippen molar-refractivity contribution in [3.63, 3.8) is 0 Å². The third kappa shape index (κ3) is 3.01. The molecule has 3 heterocycles. The van der Waals surface area contributed by atoms with Crippen LogP contribution in [0.1, 0.15) is 49.0 Å². The molecule has 0 aliphatic carbocycles. The molecule has 25 heavy (non-hydrogen) atoms. The number of hydrogen-bond acceptors (Lipinski definition) is 4. The highest BCUT2D eigenvalue weighted by atomic mass is 16.2. The molecule has 4 rings (SSSR count). The quantitative estimate of drug-likeness (QED) is 0.930. The fourth-order valence-corrected chi connectivity index (χ4v) is 4.13. The molecule has 2 unspecified atom stereocenters. The molecule has 0 radical (unpaired) electrons. The largest absolute Gasteiger partial charge is 0.333 e. The molecule has 2 fully saturated rings. The summed E-state index contributed by atoms with van der Waals surface area (Å²) in [4.78, 5) is 27.9. The van der Waals surface area contributed by atoms with Crippen molar-refractivity contribution in [2.24, 2.45) is 0 Å². The van der Waals surface area contributed by atoms with E-state index in [0.717, 1.165) is 25.7 Å². The van der Waals surface area contributed by atoms with Gasteiger partial charge in [-0.05, 0) is 49.9 Å². The van der Waals surface area contributed by atoms with Gasteiger partial charge in [0.25, 0.3) is 5.91 Å². The predicted octanol–water partition coefficient (Wildman–Crippen LogP) is 2.24. The Labute approximate surface area is 146 Å². The van der Waals surface area contributed by atoms with Gasteiger partial charge in [-0.15, -0.1) is 0 Å². The first-order chi connectivity index (χ1) is 12.1. The number of hydrogen-bond donors (Lipinski definition) is 1. The second-order valence-corrected chi connectivity index (χ2v) is 6.83. The molecule has 1 aromatic carbocycles. The Balaban J connectivity index is 1.49. The van der Waals surface area contributed by atoms with Gasteiger partial charge in [-0.3, -0.25) is 9.59 Å². The number of aromatic nitrogens is 3. The maximum absolute atomic E-state index is 13.0. The maximum Gasteiger partial charge on any atom is 0.254 e. The lowest BCUT2D eigenvalue weighted by atomic mass is 9.96. The molecule has 2 saturated heterocycles. The van der Waals surface area contributed by atoms with Gasteiger partial charge in [0.1, 0.15) is 0 Å². The molecule has 0 saturated carbocycles. The van der Waals surface area contributed by atoms with Crippen molar-refractivity contribution in [1.82, 2.24) is 19.9 Å². The number of amides is 2. The highest BCUT2D eigenvalue weighted by molar-refractivity contribution is 5.96. The Morgan fingerprint density at radius 2 is 1.60 bits per heavy atom. The zero-order chi connectivity index (χ0) is 17.4. The number of anilines is 1. The minimum absolute atomic E-state index is 0.0775. The molecule has 130 valence electrons. The molecule has 2 aliphatic rings. The first-order valence-corrected chi connectivity index (χ1v) is 8.68. The highest BCUT2D eigenvalue weighted by Gasteiger charge is 2.44. The highest BCUT2D eigenvalue weighted by Crippen LogP contribution is 2.41. The lowest BCUT2D eigenvalue weighted by molar-refractivity contribution is -0.114. The number of carbonyl (C=O) groups excluding carboxylic acids is 2. The summed E-state index contributed by atoms with van der Waals surface area (Å²) in [6, 6.07) is 7.89. The SMILES string of the molecule is CC(=O)Nc1ccc(C(=O)N2C3CCC2CC(n2nccn2)C3)cc1. The van der Waals surface area contributed by atoms with Crippen LogP contribution in [0.5, 0.6) is 0 Å². The van der Waals surface area contributed by atoms with Crippen LogP contribution >= 0.6 is 0 Å². The van der Waals surface area contributed by atoms with Crippen molar-refractivity contribution in [3.05, 3.63) is 42.2 Å². The summed E-state index contributed by atoms with van der Waals surface area (Å²) in [6.45, 7) is 1.47. The van der Waals surface area contributed by atoms with Crippen molar-refractivity contribution >= 4 is 17.5 Å². The van der Waals surface area contributed by atoms with Crippen LogP contribution in [0.3, 0.4) is 0 Å². The summed E-state index contributed by atoms with van der Waals surface area (Å²) in [6.07, 6.45) is 7.30. The Morgan fingerprint density at radius 3 is 2.16 bits per heavy atom. The predicted molar refractivity (Wildman–Crippen MR) is 92.0 cm³/mol. The minimum Gasteiger partial charge on any atom is -0.333 e. The lowest BCUT2D eigenvalue weighted by Gasteiger charge is -2.38. The van der Waals surface area contributed by atoms with E-state index < -0.39 is 0 Å². The van der Waals surface area contributed by atoms with E-state index in [1.807, 2.05) is 4.90 Å². The second kappa shape index (κ2) is 6.31. The maximum atomic E-state index is 13.0. The van der Waals surface area contributed by atoms with Crippen molar-refractivity contribution < 1.29 is 9.59 Å². The molecule has 2 aromatic rings. The molecule has 2 aliphatic heterocycles. The molecule has 1 N–H and O–H groups in total. The van der Waals surface area contributed by atoms with E-state index in [9.17, 15) is 9.59 Å². The number of rotatable bonds is 3. The Hall–Kier alpha value is -2.70. The molecule has 0 spiro atoms.